The predicted molar refractivity (Wildman–Crippen MR) is 96.1 cm³/mol. The molecule has 3 aromatic rings. The standard InChI is InChI=1S/C18H19N3OS/c1-11-6-7-16-15(9-11)14(12(2)19-16)10-18(22)21-20-13(3)17-5-4-8-23-17/h4-9,19H,10H2,1-3H3,(H,21,22)/b20-13+. The van der Waals surface area contributed by atoms with Crippen LogP contribution < -0.4 is 5.43 Å². The van der Waals surface area contributed by atoms with Crippen molar-refractivity contribution in [2.75, 3.05) is 0 Å². The van der Waals surface area contributed by atoms with Crippen LogP contribution in [0.15, 0.2) is 40.8 Å². The van der Waals surface area contributed by atoms with E-state index in [4.69, 9.17) is 0 Å². The predicted octanol–water partition coefficient (Wildman–Crippen LogP) is 3.93. The Bertz CT molecular complexity index is 875. The van der Waals surface area contributed by atoms with Crippen LogP contribution in [0.1, 0.15) is 28.6 Å². The molecular formula is C18H19N3OS. The first-order chi connectivity index (χ1) is 11.0. The smallest absolute Gasteiger partial charge is 0.244 e. The van der Waals surface area contributed by atoms with Crippen LogP contribution in [0, 0.1) is 13.8 Å². The molecule has 0 fully saturated rings. The molecule has 1 aromatic carbocycles. The third-order valence-corrected chi connectivity index (χ3v) is 4.82. The van der Waals surface area contributed by atoms with Gasteiger partial charge >= 0.3 is 0 Å². The molecule has 0 atom stereocenters. The van der Waals surface area contributed by atoms with Crippen LogP contribution in [0.3, 0.4) is 0 Å². The Morgan fingerprint density at radius 2 is 2.13 bits per heavy atom. The molecule has 3 rings (SSSR count). The Morgan fingerprint density at radius 3 is 2.87 bits per heavy atom. The number of nitrogens with one attached hydrogen (secondary N) is 2. The molecule has 0 spiro atoms. The number of aromatic amines is 1. The van der Waals surface area contributed by atoms with Crippen molar-refractivity contribution in [3.05, 3.63) is 57.4 Å². The van der Waals surface area contributed by atoms with E-state index in [1.807, 2.05) is 31.4 Å². The number of hydrogen-bond donors (Lipinski definition) is 2. The third kappa shape index (κ3) is 3.35. The first-order valence-corrected chi connectivity index (χ1v) is 8.37. The maximum Gasteiger partial charge on any atom is 0.244 e. The second-order valence-electron chi connectivity index (χ2n) is 5.66. The molecule has 2 N–H and O–H groups in total. The van der Waals surface area contributed by atoms with E-state index in [0.29, 0.717) is 6.42 Å². The van der Waals surface area contributed by atoms with Gasteiger partial charge in [-0.2, -0.15) is 5.10 Å². The summed E-state index contributed by atoms with van der Waals surface area (Å²) < 4.78 is 0. The lowest BCUT2D eigenvalue weighted by Crippen LogP contribution is -2.21. The number of H-pyrrole nitrogens is 1. The SMILES string of the molecule is C/C(=N\NC(=O)Cc1c(C)[nH]c2ccc(C)cc12)c1cccs1. The van der Waals surface area contributed by atoms with Crippen molar-refractivity contribution in [2.24, 2.45) is 5.10 Å². The normalized spacial score (nSPS) is 11.9. The molecule has 0 saturated carbocycles. The summed E-state index contributed by atoms with van der Waals surface area (Å²) in [7, 11) is 0. The number of hydrazone groups is 1. The molecule has 0 unspecified atom stereocenters. The topological polar surface area (TPSA) is 57.2 Å². The fourth-order valence-corrected chi connectivity index (χ4v) is 3.29. The van der Waals surface area contributed by atoms with E-state index in [1.54, 1.807) is 11.3 Å². The number of aryl methyl sites for hydroxylation is 2. The largest absolute Gasteiger partial charge is 0.358 e. The molecule has 0 bridgehead atoms. The van der Waals surface area contributed by atoms with E-state index in [9.17, 15) is 4.79 Å². The zero-order valence-electron chi connectivity index (χ0n) is 13.4. The number of rotatable bonds is 4. The van der Waals surface area contributed by atoms with Gasteiger partial charge in [0, 0.05) is 21.5 Å². The Labute approximate surface area is 139 Å². The number of amides is 1. The van der Waals surface area contributed by atoms with Crippen molar-refractivity contribution in [1.82, 2.24) is 10.4 Å². The van der Waals surface area contributed by atoms with Gasteiger partial charge in [0.2, 0.25) is 5.91 Å². The van der Waals surface area contributed by atoms with Gasteiger partial charge < -0.3 is 4.98 Å². The lowest BCUT2D eigenvalue weighted by Gasteiger charge is -2.03. The van der Waals surface area contributed by atoms with Crippen molar-refractivity contribution in [3.8, 4) is 0 Å². The van der Waals surface area contributed by atoms with E-state index >= 15 is 0 Å². The van der Waals surface area contributed by atoms with E-state index in [2.05, 4.69) is 40.6 Å². The van der Waals surface area contributed by atoms with Crippen LogP contribution in [0.25, 0.3) is 10.9 Å². The Balaban J connectivity index is 1.77. The molecule has 23 heavy (non-hydrogen) atoms. The summed E-state index contributed by atoms with van der Waals surface area (Å²) >= 11 is 1.61. The number of benzene rings is 1. The average Bonchev–Trinajstić information content (AvgIpc) is 3.15. The summed E-state index contributed by atoms with van der Waals surface area (Å²) in [5.41, 5.74) is 7.79. The minimum atomic E-state index is -0.105. The lowest BCUT2D eigenvalue weighted by molar-refractivity contribution is -0.120. The summed E-state index contributed by atoms with van der Waals surface area (Å²) in [4.78, 5) is 16.6. The molecule has 2 heterocycles. The van der Waals surface area contributed by atoms with Gasteiger partial charge in [0.05, 0.1) is 12.1 Å². The molecule has 0 aliphatic heterocycles. The summed E-state index contributed by atoms with van der Waals surface area (Å²) in [6, 6.07) is 10.2. The van der Waals surface area contributed by atoms with Gasteiger partial charge in [-0.3, -0.25) is 4.79 Å². The maximum atomic E-state index is 12.2. The fraction of sp³-hybridized carbons (Fsp3) is 0.222. The molecule has 0 radical (unpaired) electrons. The second kappa shape index (κ2) is 6.38. The van der Waals surface area contributed by atoms with Crippen molar-refractivity contribution < 1.29 is 4.79 Å². The van der Waals surface area contributed by atoms with Gasteiger partial charge in [-0.05, 0) is 49.9 Å². The van der Waals surface area contributed by atoms with Crippen molar-refractivity contribution in [2.45, 2.75) is 27.2 Å². The summed E-state index contributed by atoms with van der Waals surface area (Å²) in [5, 5.41) is 7.29. The molecule has 118 valence electrons. The average molecular weight is 325 g/mol. The van der Waals surface area contributed by atoms with Gasteiger partial charge in [-0.25, -0.2) is 5.43 Å². The highest BCUT2D eigenvalue weighted by molar-refractivity contribution is 7.12. The number of hydrogen-bond acceptors (Lipinski definition) is 3. The first kappa shape index (κ1) is 15.5. The summed E-state index contributed by atoms with van der Waals surface area (Å²) in [6.07, 6.45) is 0.316. The van der Waals surface area contributed by atoms with Crippen molar-refractivity contribution in [1.29, 1.82) is 0 Å². The van der Waals surface area contributed by atoms with Crippen LogP contribution in [0.4, 0.5) is 0 Å². The van der Waals surface area contributed by atoms with Gasteiger partial charge in [-0.15, -0.1) is 11.3 Å². The number of carbonyl (C=O) groups excluding carboxylic acids is 1. The Morgan fingerprint density at radius 1 is 1.30 bits per heavy atom. The van der Waals surface area contributed by atoms with Crippen LogP contribution in [0.5, 0.6) is 0 Å². The van der Waals surface area contributed by atoms with Gasteiger partial charge in [0.25, 0.3) is 0 Å². The van der Waals surface area contributed by atoms with Crippen LogP contribution in [-0.4, -0.2) is 16.6 Å². The molecule has 2 aromatic heterocycles. The third-order valence-electron chi connectivity index (χ3n) is 3.84. The van der Waals surface area contributed by atoms with Gasteiger partial charge in [-0.1, -0.05) is 17.7 Å². The first-order valence-electron chi connectivity index (χ1n) is 7.49. The van der Waals surface area contributed by atoms with E-state index in [0.717, 1.165) is 32.7 Å². The summed E-state index contributed by atoms with van der Waals surface area (Å²) in [5.74, 6) is -0.105. The molecular weight excluding hydrogens is 306 g/mol. The molecule has 0 aliphatic rings. The minimum Gasteiger partial charge on any atom is -0.358 e. The Hall–Kier alpha value is -2.40. The highest BCUT2D eigenvalue weighted by atomic mass is 32.1. The van der Waals surface area contributed by atoms with Gasteiger partial charge in [0.15, 0.2) is 0 Å². The number of fused-ring (bicyclic) bond motifs is 1. The Kier molecular flexibility index (Phi) is 4.30. The minimum absolute atomic E-state index is 0.105. The molecule has 4 nitrogen and oxygen atoms in total. The summed E-state index contributed by atoms with van der Waals surface area (Å²) in [6.45, 7) is 5.95. The molecule has 5 heteroatoms. The molecule has 0 aliphatic carbocycles. The second-order valence-corrected chi connectivity index (χ2v) is 6.61. The zero-order chi connectivity index (χ0) is 16.4. The monoisotopic (exact) mass is 325 g/mol. The lowest BCUT2D eigenvalue weighted by atomic mass is 10.1. The zero-order valence-corrected chi connectivity index (χ0v) is 14.3. The van der Waals surface area contributed by atoms with E-state index in [-0.39, 0.29) is 5.91 Å². The quantitative estimate of drug-likeness (QED) is 0.554. The van der Waals surface area contributed by atoms with E-state index in [1.165, 1.54) is 5.56 Å². The van der Waals surface area contributed by atoms with Crippen LogP contribution in [-0.2, 0) is 11.2 Å². The van der Waals surface area contributed by atoms with Crippen molar-refractivity contribution in [3.63, 3.8) is 0 Å². The number of thiophene rings is 1. The van der Waals surface area contributed by atoms with Crippen molar-refractivity contribution >= 4 is 33.9 Å². The number of carbonyl (C=O) groups is 1. The van der Waals surface area contributed by atoms with Crippen LogP contribution >= 0.6 is 11.3 Å². The fourth-order valence-electron chi connectivity index (χ4n) is 2.61. The number of aromatic nitrogens is 1. The van der Waals surface area contributed by atoms with Crippen LogP contribution in [0.2, 0.25) is 0 Å². The van der Waals surface area contributed by atoms with Gasteiger partial charge in [0.1, 0.15) is 0 Å². The maximum absolute atomic E-state index is 12.2. The highest BCUT2D eigenvalue weighted by Gasteiger charge is 2.12. The van der Waals surface area contributed by atoms with E-state index < -0.39 is 0 Å². The highest BCUT2D eigenvalue weighted by Crippen LogP contribution is 2.23. The number of nitrogens with zero attached hydrogens (tertiary/aromatic N) is 1. The molecule has 1 amide bonds. The molecule has 0 saturated heterocycles.